The molecule has 1 aliphatic heterocycles. The van der Waals surface area contributed by atoms with Gasteiger partial charge in [-0.15, -0.1) is 0 Å². The highest BCUT2D eigenvalue weighted by molar-refractivity contribution is 5.29. The Labute approximate surface area is 91.5 Å². The van der Waals surface area contributed by atoms with Crippen molar-refractivity contribution in [2.45, 2.75) is 25.8 Å². The molecule has 1 saturated heterocycles. The first-order chi connectivity index (χ1) is 7.33. The van der Waals surface area contributed by atoms with Crippen molar-refractivity contribution in [3.8, 4) is 0 Å². The standard InChI is InChI=1S/C13H19NO/c1-11-6-2-3-7-12(11)13(10-15)14-8-4-5-9-14/h2-3,6-7,13,15H,4-5,8-10H2,1H3. The summed E-state index contributed by atoms with van der Waals surface area (Å²) in [6.45, 7) is 4.60. The Kier molecular flexibility index (Phi) is 3.39. The molecule has 0 aliphatic carbocycles. The summed E-state index contributed by atoms with van der Waals surface area (Å²) >= 11 is 0. The summed E-state index contributed by atoms with van der Waals surface area (Å²) in [7, 11) is 0. The number of aliphatic hydroxyl groups excluding tert-OH is 1. The number of likely N-dealkylation sites (tertiary alicyclic amines) is 1. The first-order valence-corrected chi connectivity index (χ1v) is 5.73. The summed E-state index contributed by atoms with van der Waals surface area (Å²) in [5, 5.41) is 9.52. The maximum atomic E-state index is 9.52. The molecule has 0 radical (unpaired) electrons. The lowest BCUT2D eigenvalue weighted by Gasteiger charge is -2.27. The molecule has 2 nitrogen and oxygen atoms in total. The predicted molar refractivity (Wildman–Crippen MR) is 61.8 cm³/mol. The van der Waals surface area contributed by atoms with E-state index in [-0.39, 0.29) is 12.6 Å². The first kappa shape index (κ1) is 10.7. The second-order valence-corrected chi connectivity index (χ2v) is 4.30. The van der Waals surface area contributed by atoms with Gasteiger partial charge in [0, 0.05) is 0 Å². The van der Waals surface area contributed by atoms with E-state index in [2.05, 4.69) is 36.1 Å². The Bertz CT molecular complexity index is 318. The Hall–Kier alpha value is -0.860. The van der Waals surface area contributed by atoms with Crippen molar-refractivity contribution < 1.29 is 5.11 Å². The number of nitrogens with zero attached hydrogens (tertiary/aromatic N) is 1. The van der Waals surface area contributed by atoms with E-state index in [1.54, 1.807) is 0 Å². The van der Waals surface area contributed by atoms with Gasteiger partial charge in [0.2, 0.25) is 0 Å². The van der Waals surface area contributed by atoms with Gasteiger partial charge < -0.3 is 5.11 Å². The van der Waals surface area contributed by atoms with Crippen molar-refractivity contribution in [1.82, 2.24) is 4.90 Å². The molecular weight excluding hydrogens is 186 g/mol. The number of rotatable bonds is 3. The normalized spacial score (nSPS) is 19.3. The Balaban J connectivity index is 2.22. The average Bonchev–Trinajstić information content (AvgIpc) is 2.75. The molecule has 15 heavy (non-hydrogen) atoms. The lowest BCUT2D eigenvalue weighted by Crippen LogP contribution is -2.28. The molecule has 1 unspecified atom stereocenters. The third kappa shape index (κ3) is 2.21. The molecule has 82 valence electrons. The Morgan fingerprint density at radius 2 is 1.93 bits per heavy atom. The third-order valence-electron chi connectivity index (χ3n) is 3.30. The van der Waals surface area contributed by atoms with Gasteiger partial charge in [0.25, 0.3) is 0 Å². The van der Waals surface area contributed by atoms with E-state index in [1.807, 2.05) is 0 Å². The van der Waals surface area contributed by atoms with Crippen molar-refractivity contribution in [2.75, 3.05) is 19.7 Å². The SMILES string of the molecule is Cc1ccccc1C(CO)N1CCCC1. The summed E-state index contributed by atoms with van der Waals surface area (Å²) in [4.78, 5) is 2.39. The topological polar surface area (TPSA) is 23.5 Å². The van der Waals surface area contributed by atoms with Crippen molar-refractivity contribution in [1.29, 1.82) is 0 Å². The number of aryl methyl sites for hydroxylation is 1. The lowest BCUT2D eigenvalue weighted by molar-refractivity contribution is 0.146. The van der Waals surface area contributed by atoms with Crippen molar-refractivity contribution in [2.24, 2.45) is 0 Å². The average molecular weight is 205 g/mol. The van der Waals surface area contributed by atoms with Crippen LogP contribution in [0.3, 0.4) is 0 Å². The van der Waals surface area contributed by atoms with Gasteiger partial charge in [-0.1, -0.05) is 24.3 Å². The van der Waals surface area contributed by atoms with Crippen LogP contribution in [0.2, 0.25) is 0 Å². The third-order valence-corrected chi connectivity index (χ3v) is 3.30. The van der Waals surface area contributed by atoms with E-state index in [4.69, 9.17) is 0 Å². The van der Waals surface area contributed by atoms with Crippen LogP contribution in [0.4, 0.5) is 0 Å². The molecule has 0 spiro atoms. The van der Waals surface area contributed by atoms with Gasteiger partial charge in [-0.25, -0.2) is 0 Å². The first-order valence-electron chi connectivity index (χ1n) is 5.73. The molecule has 2 heteroatoms. The van der Waals surface area contributed by atoms with Gasteiger partial charge in [0.1, 0.15) is 0 Å². The highest BCUT2D eigenvalue weighted by atomic mass is 16.3. The predicted octanol–water partition coefficient (Wildman–Crippen LogP) is 2.12. The number of hydrogen-bond donors (Lipinski definition) is 1. The summed E-state index contributed by atoms with van der Waals surface area (Å²) in [5.41, 5.74) is 2.56. The van der Waals surface area contributed by atoms with Crippen LogP contribution in [0.1, 0.15) is 30.0 Å². The molecule has 0 amide bonds. The molecular formula is C13H19NO. The molecule has 1 N–H and O–H groups in total. The molecule has 0 aromatic heterocycles. The van der Waals surface area contributed by atoms with E-state index in [9.17, 15) is 5.11 Å². The molecule has 1 heterocycles. The lowest BCUT2D eigenvalue weighted by atomic mass is 10.0. The van der Waals surface area contributed by atoms with Crippen LogP contribution in [0.5, 0.6) is 0 Å². The van der Waals surface area contributed by atoms with Crippen LogP contribution < -0.4 is 0 Å². The van der Waals surface area contributed by atoms with E-state index >= 15 is 0 Å². The van der Waals surface area contributed by atoms with Crippen molar-refractivity contribution in [3.63, 3.8) is 0 Å². The van der Waals surface area contributed by atoms with Crippen LogP contribution in [-0.2, 0) is 0 Å². The Morgan fingerprint density at radius 3 is 2.53 bits per heavy atom. The summed E-state index contributed by atoms with van der Waals surface area (Å²) in [6, 6.07) is 8.56. The van der Waals surface area contributed by atoms with Crippen LogP contribution in [-0.4, -0.2) is 29.7 Å². The molecule has 1 aromatic rings. The molecule has 0 saturated carbocycles. The summed E-state index contributed by atoms with van der Waals surface area (Å²) < 4.78 is 0. The smallest absolute Gasteiger partial charge is 0.0628 e. The fourth-order valence-corrected chi connectivity index (χ4v) is 2.42. The van der Waals surface area contributed by atoms with Gasteiger partial charge >= 0.3 is 0 Å². The quantitative estimate of drug-likeness (QED) is 0.817. The van der Waals surface area contributed by atoms with Gasteiger partial charge in [0.15, 0.2) is 0 Å². The Morgan fingerprint density at radius 1 is 1.27 bits per heavy atom. The minimum atomic E-state index is 0.202. The molecule has 1 atom stereocenters. The number of benzene rings is 1. The molecule has 1 aliphatic rings. The largest absolute Gasteiger partial charge is 0.394 e. The minimum absolute atomic E-state index is 0.202. The summed E-state index contributed by atoms with van der Waals surface area (Å²) in [5.74, 6) is 0. The van der Waals surface area contributed by atoms with E-state index in [0.717, 1.165) is 13.1 Å². The zero-order valence-corrected chi connectivity index (χ0v) is 9.32. The maximum absolute atomic E-state index is 9.52. The van der Waals surface area contributed by atoms with Crippen LogP contribution in [0.25, 0.3) is 0 Å². The van der Waals surface area contributed by atoms with Crippen molar-refractivity contribution >= 4 is 0 Å². The van der Waals surface area contributed by atoms with Crippen LogP contribution >= 0.6 is 0 Å². The van der Waals surface area contributed by atoms with E-state index < -0.39 is 0 Å². The van der Waals surface area contributed by atoms with Gasteiger partial charge in [-0.3, -0.25) is 4.90 Å². The fraction of sp³-hybridized carbons (Fsp3) is 0.538. The van der Waals surface area contributed by atoms with Gasteiger partial charge in [-0.2, -0.15) is 0 Å². The van der Waals surface area contributed by atoms with Crippen LogP contribution in [0, 0.1) is 6.92 Å². The van der Waals surface area contributed by atoms with Crippen LogP contribution in [0.15, 0.2) is 24.3 Å². The number of hydrogen-bond acceptors (Lipinski definition) is 2. The van der Waals surface area contributed by atoms with Gasteiger partial charge in [0.05, 0.1) is 12.6 Å². The van der Waals surface area contributed by atoms with Gasteiger partial charge in [-0.05, 0) is 44.0 Å². The zero-order valence-electron chi connectivity index (χ0n) is 9.32. The minimum Gasteiger partial charge on any atom is -0.394 e. The second kappa shape index (κ2) is 4.77. The molecule has 1 fully saturated rings. The fourth-order valence-electron chi connectivity index (χ4n) is 2.42. The van der Waals surface area contributed by atoms with E-state index in [1.165, 1.54) is 24.0 Å². The molecule has 1 aromatic carbocycles. The highest BCUT2D eigenvalue weighted by Gasteiger charge is 2.23. The zero-order chi connectivity index (χ0) is 10.7. The number of aliphatic hydroxyl groups is 1. The monoisotopic (exact) mass is 205 g/mol. The van der Waals surface area contributed by atoms with Crippen molar-refractivity contribution in [3.05, 3.63) is 35.4 Å². The molecule has 0 bridgehead atoms. The highest BCUT2D eigenvalue weighted by Crippen LogP contribution is 2.26. The molecule has 2 rings (SSSR count). The summed E-state index contributed by atoms with van der Waals surface area (Å²) in [6.07, 6.45) is 2.53. The van der Waals surface area contributed by atoms with E-state index in [0.29, 0.717) is 0 Å². The second-order valence-electron chi connectivity index (χ2n) is 4.30. The maximum Gasteiger partial charge on any atom is 0.0628 e.